The van der Waals surface area contributed by atoms with Crippen molar-refractivity contribution >= 4 is 52.5 Å². The molecule has 0 fully saturated rings. The number of carbonyl (C=O) groups is 1. The van der Waals surface area contributed by atoms with Gasteiger partial charge in [0, 0.05) is 21.7 Å². The van der Waals surface area contributed by atoms with Gasteiger partial charge in [-0.05, 0) is 43.2 Å². The molecule has 6 heteroatoms. The summed E-state index contributed by atoms with van der Waals surface area (Å²) in [5, 5.41) is 3.35. The van der Waals surface area contributed by atoms with E-state index < -0.39 is 0 Å². The third-order valence-corrected chi connectivity index (χ3v) is 5.84. The summed E-state index contributed by atoms with van der Waals surface area (Å²) in [5.74, 6) is 1.23. The summed E-state index contributed by atoms with van der Waals surface area (Å²) in [7, 11) is 0. The van der Waals surface area contributed by atoms with Gasteiger partial charge in [-0.15, -0.1) is 23.1 Å². The summed E-state index contributed by atoms with van der Waals surface area (Å²) in [6, 6.07) is 3.40. The van der Waals surface area contributed by atoms with Gasteiger partial charge in [0.15, 0.2) is 0 Å². The van der Waals surface area contributed by atoms with Crippen molar-refractivity contribution in [3.63, 3.8) is 0 Å². The number of thioether (sulfide) groups is 1. The molecular formula is C15H13ClN2OS2. The van der Waals surface area contributed by atoms with Crippen molar-refractivity contribution in [2.24, 2.45) is 0 Å². The molecule has 0 atom stereocenters. The molecule has 0 aliphatic carbocycles. The van der Waals surface area contributed by atoms with E-state index in [4.69, 9.17) is 11.6 Å². The number of nitrogens with one attached hydrogen (secondary N) is 1. The Morgan fingerprint density at radius 2 is 2.19 bits per heavy atom. The molecule has 0 radical (unpaired) electrons. The Labute approximate surface area is 136 Å². The maximum atomic E-state index is 12.3. The smallest absolute Gasteiger partial charge is 0.263 e. The van der Waals surface area contributed by atoms with Crippen LogP contribution in [0.2, 0.25) is 5.02 Å². The Morgan fingerprint density at radius 1 is 1.38 bits per heavy atom. The number of hydrogen-bond acceptors (Lipinski definition) is 4. The van der Waals surface area contributed by atoms with E-state index >= 15 is 0 Å². The molecule has 0 spiro atoms. The zero-order valence-electron chi connectivity index (χ0n) is 11.6. The average molecular weight is 337 g/mol. The molecular weight excluding hydrogens is 324 g/mol. The number of aryl methyl sites for hydroxylation is 1. The first kappa shape index (κ1) is 14.6. The maximum absolute atomic E-state index is 12.3. The van der Waals surface area contributed by atoms with Gasteiger partial charge in [0.2, 0.25) is 0 Å². The zero-order chi connectivity index (χ0) is 15.0. The van der Waals surface area contributed by atoms with Crippen molar-refractivity contribution in [1.82, 2.24) is 4.98 Å². The van der Waals surface area contributed by atoms with E-state index in [0.29, 0.717) is 10.8 Å². The molecule has 3 heterocycles. The molecule has 0 aromatic carbocycles. The molecule has 0 saturated carbocycles. The second kappa shape index (κ2) is 5.83. The molecule has 2 aromatic heterocycles. The lowest BCUT2D eigenvalue weighted by atomic mass is 10.1. The molecule has 3 rings (SSSR count). The van der Waals surface area contributed by atoms with E-state index in [9.17, 15) is 4.79 Å². The molecule has 108 valence electrons. The first-order valence-electron chi connectivity index (χ1n) is 6.41. The number of thiophene rings is 1. The van der Waals surface area contributed by atoms with Crippen LogP contribution in [0.4, 0.5) is 5.82 Å². The Hall–Kier alpha value is -1.30. The minimum atomic E-state index is -0.121. The first-order chi connectivity index (χ1) is 10.0. The van der Waals surface area contributed by atoms with E-state index in [1.807, 2.05) is 6.08 Å². The predicted molar refractivity (Wildman–Crippen MR) is 90.9 cm³/mol. The summed E-state index contributed by atoms with van der Waals surface area (Å²) < 4.78 is 0. The van der Waals surface area contributed by atoms with E-state index in [2.05, 4.69) is 24.1 Å². The number of carbonyl (C=O) groups excluding carboxylic acids is 1. The van der Waals surface area contributed by atoms with Crippen LogP contribution in [-0.2, 0) is 10.5 Å². The van der Waals surface area contributed by atoms with Crippen LogP contribution in [0, 0.1) is 13.8 Å². The van der Waals surface area contributed by atoms with Gasteiger partial charge in [0.1, 0.15) is 5.82 Å². The fourth-order valence-electron chi connectivity index (χ4n) is 2.07. The molecule has 0 bridgehead atoms. The largest absolute Gasteiger partial charge is 0.306 e. The number of halogens is 1. The van der Waals surface area contributed by atoms with Crippen molar-refractivity contribution in [2.75, 3.05) is 5.32 Å². The van der Waals surface area contributed by atoms with Gasteiger partial charge in [-0.2, -0.15) is 0 Å². The molecule has 2 aromatic rings. The number of fused-ring (bicyclic) bond motifs is 1. The van der Waals surface area contributed by atoms with E-state index in [1.54, 1.807) is 35.2 Å². The highest BCUT2D eigenvalue weighted by Crippen LogP contribution is 2.39. The standard InChI is InChI=1S/C15H13ClN2OS2/c1-8-9(2)21-12-5-13(20-7-11(8)12)15(19)18-14-4-3-10(16)6-17-14/h3-6H,7H2,1-2H3,(H,17,18,19). The number of pyridine rings is 1. The molecule has 1 aliphatic rings. The van der Waals surface area contributed by atoms with Crippen LogP contribution in [0.3, 0.4) is 0 Å². The molecule has 1 amide bonds. The summed E-state index contributed by atoms with van der Waals surface area (Å²) in [5.41, 5.74) is 2.70. The highest BCUT2D eigenvalue weighted by molar-refractivity contribution is 8.03. The van der Waals surface area contributed by atoms with Crippen molar-refractivity contribution in [3.8, 4) is 0 Å². The second-order valence-corrected chi connectivity index (χ2v) is 7.45. The molecule has 21 heavy (non-hydrogen) atoms. The summed E-state index contributed by atoms with van der Waals surface area (Å²) in [4.78, 5) is 19.6. The topological polar surface area (TPSA) is 42.0 Å². The Bertz CT molecular complexity index is 735. The fourth-order valence-corrected chi connectivity index (χ4v) is 4.53. The minimum absolute atomic E-state index is 0.121. The van der Waals surface area contributed by atoms with E-state index in [0.717, 1.165) is 10.7 Å². The van der Waals surface area contributed by atoms with Gasteiger partial charge in [-0.3, -0.25) is 4.79 Å². The fraction of sp³-hybridized carbons (Fsp3) is 0.200. The van der Waals surface area contributed by atoms with Crippen molar-refractivity contribution < 1.29 is 4.79 Å². The van der Waals surface area contributed by atoms with Gasteiger partial charge < -0.3 is 5.32 Å². The monoisotopic (exact) mass is 336 g/mol. The zero-order valence-corrected chi connectivity index (χ0v) is 14.0. The summed E-state index contributed by atoms with van der Waals surface area (Å²) >= 11 is 9.09. The highest BCUT2D eigenvalue weighted by atomic mass is 35.5. The number of nitrogens with zero attached hydrogens (tertiary/aromatic N) is 1. The van der Waals surface area contributed by atoms with E-state index in [1.165, 1.54) is 27.1 Å². The van der Waals surface area contributed by atoms with Crippen LogP contribution in [-0.4, -0.2) is 10.9 Å². The van der Waals surface area contributed by atoms with Crippen molar-refractivity contribution in [3.05, 3.63) is 49.1 Å². The lowest BCUT2D eigenvalue weighted by molar-refractivity contribution is -0.112. The predicted octanol–water partition coefficient (Wildman–Crippen LogP) is 4.64. The second-order valence-electron chi connectivity index (χ2n) is 4.74. The maximum Gasteiger partial charge on any atom is 0.263 e. The SMILES string of the molecule is Cc1sc2c(c1C)CSC(C(=O)Nc1ccc(Cl)cn1)=C2. The van der Waals surface area contributed by atoms with Gasteiger partial charge >= 0.3 is 0 Å². The lowest BCUT2D eigenvalue weighted by Gasteiger charge is -2.13. The third kappa shape index (κ3) is 3.00. The quantitative estimate of drug-likeness (QED) is 0.868. The lowest BCUT2D eigenvalue weighted by Crippen LogP contribution is -2.14. The summed E-state index contributed by atoms with van der Waals surface area (Å²) in [6.07, 6.45) is 3.49. The van der Waals surface area contributed by atoms with Crippen LogP contribution in [0.1, 0.15) is 20.9 Å². The van der Waals surface area contributed by atoms with Gasteiger partial charge in [0.25, 0.3) is 5.91 Å². The van der Waals surface area contributed by atoms with Gasteiger partial charge in [-0.1, -0.05) is 11.6 Å². The van der Waals surface area contributed by atoms with E-state index in [-0.39, 0.29) is 5.91 Å². The van der Waals surface area contributed by atoms with Gasteiger partial charge in [-0.25, -0.2) is 4.98 Å². The molecule has 1 N–H and O–H groups in total. The van der Waals surface area contributed by atoms with Crippen molar-refractivity contribution in [1.29, 1.82) is 0 Å². The first-order valence-corrected chi connectivity index (χ1v) is 8.59. The Balaban J connectivity index is 1.81. The minimum Gasteiger partial charge on any atom is -0.306 e. The number of hydrogen-bond donors (Lipinski definition) is 1. The molecule has 3 nitrogen and oxygen atoms in total. The summed E-state index contributed by atoms with van der Waals surface area (Å²) in [6.45, 7) is 4.26. The van der Waals surface area contributed by atoms with Crippen LogP contribution in [0.15, 0.2) is 23.2 Å². The van der Waals surface area contributed by atoms with Crippen LogP contribution in [0.5, 0.6) is 0 Å². The molecule has 1 aliphatic heterocycles. The Morgan fingerprint density at radius 3 is 2.90 bits per heavy atom. The number of amides is 1. The third-order valence-electron chi connectivity index (χ3n) is 3.37. The highest BCUT2D eigenvalue weighted by Gasteiger charge is 2.21. The average Bonchev–Trinajstić information content (AvgIpc) is 2.76. The Kier molecular flexibility index (Phi) is 4.06. The number of aromatic nitrogens is 1. The van der Waals surface area contributed by atoms with Crippen LogP contribution in [0.25, 0.3) is 6.08 Å². The van der Waals surface area contributed by atoms with Gasteiger partial charge in [0.05, 0.1) is 9.93 Å². The normalized spacial score (nSPS) is 13.6. The van der Waals surface area contributed by atoms with Crippen LogP contribution < -0.4 is 5.32 Å². The molecule has 0 unspecified atom stereocenters. The van der Waals surface area contributed by atoms with Crippen LogP contribution >= 0.6 is 34.7 Å². The molecule has 0 saturated heterocycles. The van der Waals surface area contributed by atoms with Crippen molar-refractivity contribution in [2.45, 2.75) is 19.6 Å². The number of rotatable bonds is 2. The number of anilines is 1.